The maximum Gasteiger partial charge on any atom is 0.363 e. The highest BCUT2D eigenvalue weighted by atomic mass is 35.5. The van der Waals surface area contributed by atoms with Gasteiger partial charge in [-0.25, -0.2) is 18.6 Å². The fourth-order valence-corrected chi connectivity index (χ4v) is 2.81. The minimum absolute atomic E-state index is 0.00882. The second kappa shape index (κ2) is 9.05. The molecule has 3 rings (SSSR count). The van der Waals surface area contributed by atoms with Crippen molar-refractivity contribution in [2.75, 3.05) is 13.2 Å². The molecule has 29 heavy (non-hydrogen) atoms. The largest absolute Gasteiger partial charge is 0.490 e. The van der Waals surface area contributed by atoms with Crippen molar-refractivity contribution in [3.63, 3.8) is 0 Å². The van der Waals surface area contributed by atoms with Crippen molar-refractivity contribution in [3.05, 3.63) is 63.8 Å². The van der Waals surface area contributed by atoms with Crippen LogP contribution in [-0.2, 0) is 9.53 Å². The summed E-state index contributed by atoms with van der Waals surface area (Å²) in [7, 11) is 0. The first-order chi connectivity index (χ1) is 13.9. The van der Waals surface area contributed by atoms with Crippen LogP contribution in [0.5, 0.6) is 11.5 Å². The molecule has 0 unspecified atom stereocenters. The lowest BCUT2D eigenvalue weighted by molar-refractivity contribution is -0.129. The van der Waals surface area contributed by atoms with Gasteiger partial charge in [-0.1, -0.05) is 24.6 Å². The van der Waals surface area contributed by atoms with Crippen molar-refractivity contribution in [1.29, 1.82) is 0 Å². The van der Waals surface area contributed by atoms with Crippen molar-refractivity contribution in [2.24, 2.45) is 4.99 Å². The molecule has 1 aliphatic heterocycles. The van der Waals surface area contributed by atoms with Gasteiger partial charge in [0.2, 0.25) is 5.90 Å². The number of hydrogen-bond acceptors (Lipinski definition) is 5. The molecule has 0 aromatic heterocycles. The summed E-state index contributed by atoms with van der Waals surface area (Å²) in [6.07, 6.45) is 2.35. The van der Waals surface area contributed by atoms with E-state index in [-0.39, 0.29) is 22.2 Å². The second-order valence-electron chi connectivity index (χ2n) is 6.07. The van der Waals surface area contributed by atoms with Crippen molar-refractivity contribution in [2.45, 2.75) is 20.3 Å². The fourth-order valence-electron chi connectivity index (χ4n) is 2.58. The van der Waals surface area contributed by atoms with Gasteiger partial charge in [-0.3, -0.25) is 0 Å². The molecule has 1 aliphatic rings. The van der Waals surface area contributed by atoms with Crippen molar-refractivity contribution >= 4 is 29.5 Å². The second-order valence-corrected chi connectivity index (χ2v) is 6.48. The summed E-state index contributed by atoms with van der Waals surface area (Å²) in [6.45, 7) is 4.85. The van der Waals surface area contributed by atoms with Gasteiger partial charge in [0, 0.05) is 0 Å². The number of halogens is 3. The van der Waals surface area contributed by atoms with Crippen LogP contribution in [0.15, 0.2) is 41.0 Å². The summed E-state index contributed by atoms with van der Waals surface area (Å²) < 4.78 is 43.1. The molecule has 0 aliphatic carbocycles. The minimum Gasteiger partial charge on any atom is -0.490 e. The number of aliphatic imine (C=N–C) groups is 1. The fraction of sp³-hybridized carbons (Fsp3) is 0.238. The summed E-state index contributed by atoms with van der Waals surface area (Å²) in [4.78, 5) is 16.2. The molecule has 1 heterocycles. The highest BCUT2D eigenvalue weighted by Crippen LogP contribution is 2.31. The molecule has 0 N–H and O–H groups in total. The third-order valence-electron chi connectivity index (χ3n) is 3.89. The lowest BCUT2D eigenvalue weighted by atomic mass is 10.1. The van der Waals surface area contributed by atoms with Gasteiger partial charge in [0.05, 0.1) is 23.8 Å². The molecule has 2 aromatic rings. The highest BCUT2D eigenvalue weighted by Gasteiger charge is 2.27. The summed E-state index contributed by atoms with van der Waals surface area (Å²) in [5, 5.41) is -0.118. The summed E-state index contributed by atoms with van der Waals surface area (Å²) >= 11 is 5.92. The van der Waals surface area contributed by atoms with Crippen molar-refractivity contribution < 1.29 is 27.8 Å². The maximum atomic E-state index is 13.5. The van der Waals surface area contributed by atoms with Crippen LogP contribution in [0.2, 0.25) is 5.02 Å². The van der Waals surface area contributed by atoms with Crippen LogP contribution in [0.3, 0.4) is 0 Å². The van der Waals surface area contributed by atoms with Gasteiger partial charge in [-0.15, -0.1) is 0 Å². The average Bonchev–Trinajstić information content (AvgIpc) is 3.04. The molecule has 0 saturated heterocycles. The monoisotopic (exact) mass is 421 g/mol. The summed E-state index contributed by atoms with van der Waals surface area (Å²) in [5.74, 6) is -2.02. The predicted molar refractivity (Wildman–Crippen MR) is 105 cm³/mol. The van der Waals surface area contributed by atoms with Crippen LogP contribution < -0.4 is 9.47 Å². The molecule has 2 aromatic carbocycles. The van der Waals surface area contributed by atoms with E-state index >= 15 is 0 Å². The molecule has 5 nitrogen and oxygen atoms in total. The Morgan fingerprint density at radius 3 is 2.59 bits per heavy atom. The van der Waals surface area contributed by atoms with Gasteiger partial charge >= 0.3 is 5.97 Å². The number of ether oxygens (including phenoxy) is 3. The summed E-state index contributed by atoms with van der Waals surface area (Å²) in [6, 6.07) is 6.83. The summed E-state index contributed by atoms with van der Waals surface area (Å²) in [5.41, 5.74) is 0.608. The molecule has 0 bridgehead atoms. The molecule has 0 spiro atoms. The van der Waals surface area contributed by atoms with E-state index in [1.807, 2.05) is 13.8 Å². The number of carbonyl (C=O) groups is 1. The van der Waals surface area contributed by atoms with Crippen LogP contribution >= 0.6 is 11.6 Å². The first-order valence-electron chi connectivity index (χ1n) is 9.00. The quantitative estimate of drug-likeness (QED) is 0.352. The van der Waals surface area contributed by atoms with E-state index in [9.17, 15) is 13.6 Å². The molecule has 0 atom stereocenters. The minimum atomic E-state index is -1.12. The average molecular weight is 422 g/mol. The van der Waals surface area contributed by atoms with Crippen molar-refractivity contribution in [3.8, 4) is 11.5 Å². The Balaban J connectivity index is 1.93. The van der Waals surface area contributed by atoms with Crippen LogP contribution in [0.25, 0.3) is 6.08 Å². The normalized spacial score (nSPS) is 14.7. The number of hydrogen-bond donors (Lipinski definition) is 0. The zero-order valence-corrected chi connectivity index (χ0v) is 16.6. The Bertz CT molecular complexity index is 1000. The van der Waals surface area contributed by atoms with Crippen LogP contribution in [-0.4, -0.2) is 25.1 Å². The van der Waals surface area contributed by atoms with Gasteiger partial charge < -0.3 is 14.2 Å². The van der Waals surface area contributed by atoms with E-state index in [0.29, 0.717) is 30.3 Å². The molecule has 8 heteroatoms. The van der Waals surface area contributed by atoms with Crippen LogP contribution in [0.1, 0.15) is 31.4 Å². The number of esters is 1. The highest BCUT2D eigenvalue weighted by molar-refractivity contribution is 6.34. The molecule has 0 amide bonds. The van der Waals surface area contributed by atoms with Gasteiger partial charge in [0.15, 0.2) is 28.8 Å². The van der Waals surface area contributed by atoms with Crippen LogP contribution in [0, 0.1) is 11.6 Å². The molecule has 0 radical (unpaired) electrons. The SMILES string of the molecule is CCCOc1ccc(/C=C2/N=C(c3cc(F)c(F)cc3Cl)OC2=O)cc1OCC. The first-order valence-corrected chi connectivity index (χ1v) is 9.37. The molecule has 0 saturated carbocycles. The molecular formula is C21H18ClF2NO4. The van der Waals surface area contributed by atoms with E-state index < -0.39 is 17.6 Å². The first kappa shape index (κ1) is 20.8. The van der Waals surface area contributed by atoms with E-state index in [4.69, 9.17) is 25.8 Å². The third kappa shape index (κ3) is 4.74. The lowest BCUT2D eigenvalue weighted by Gasteiger charge is -2.12. The van der Waals surface area contributed by atoms with Gasteiger partial charge in [-0.2, -0.15) is 0 Å². The van der Waals surface area contributed by atoms with E-state index in [1.165, 1.54) is 6.08 Å². The van der Waals surface area contributed by atoms with Gasteiger partial charge in [0.1, 0.15) is 0 Å². The maximum absolute atomic E-state index is 13.5. The van der Waals surface area contributed by atoms with Crippen molar-refractivity contribution in [1.82, 2.24) is 0 Å². The third-order valence-corrected chi connectivity index (χ3v) is 4.21. The molecular weight excluding hydrogens is 404 g/mol. The zero-order valence-electron chi connectivity index (χ0n) is 15.8. The van der Waals surface area contributed by atoms with E-state index in [1.54, 1.807) is 18.2 Å². The molecule has 0 fully saturated rings. The smallest absolute Gasteiger partial charge is 0.363 e. The number of nitrogens with zero attached hydrogens (tertiary/aromatic N) is 1. The zero-order chi connectivity index (χ0) is 21.0. The number of rotatable bonds is 7. The number of cyclic esters (lactones) is 1. The van der Waals surface area contributed by atoms with E-state index in [0.717, 1.165) is 18.6 Å². The topological polar surface area (TPSA) is 57.1 Å². The Morgan fingerprint density at radius 1 is 1.10 bits per heavy atom. The van der Waals surface area contributed by atoms with Gasteiger partial charge in [0.25, 0.3) is 0 Å². The number of benzene rings is 2. The Kier molecular flexibility index (Phi) is 6.49. The van der Waals surface area contributed by atoms with Crippen LogP contribution in [0.4, 0.5) is 8.78 Å². The Morgan fingerprint density at radius 2 is 1.86 bits per heavy atom. The number of carbonyl (C=O) groups excluding carboxylic acids is 1. The van der Waals surface area contributed by atoms with E-state index in [2.05, 4.69) is 4.99 Å². The Labute approximate surface area is 171 Å². The lowest BCUT2D eigenvalue weighted by Crippen LogP contribution is -2.07. The Hall–Kier alpha value is -2.93. The predicted octanol–water partition coefficient (Wildman–Crippen LogP) is 5.15. The molecule has 152 valence electrons. The van der Waals surface area contributed by atoms with Gasteiger partial charge in [-0.05, 0) is 49.2 Å². The standard InChI is InChI=1S/C21H18ClF2NO4/c1-3-7-28-18-6-5-12(9-19(18)27-4-2)8-17-21(26)29-20(25-17)13-10-15(23)16(24)11-14(13)22/h5-6,8-11H,3-4,7H2,1-2H3/b17-8+.